The predicted molar refractivity (Wildman–Crippen MR) is 131 cm³/mol. The minimum absolute atomic E-state index is 0.0303. The summed E-state index contributed by atoms with van der Waals surface area (Å²) in [4.78, 5) is 54.8. The van der Waals surface area contributed by atoms with Gasteiger partial charge in [0.15, 0.2) is 5.96 Å². The number of aliphatic imine (C=N–C) groups is 1. The van der Waals surface area contributed by atoms with Crippen LogP contribution in [0.3, 0.4) is 0 Å². The van der Waals surface area contributed by atoms with Crippen molar-refractivity contribution in [2.75, 3.05) is 30.9 Å². The lowest BCUT2D eigenvalue weighted by Crippen LogP contribution is -2.57. The number of amides is 3. The summed E-state index contributed by atoms with van der Waals surface area (Å²) in [6.45, 7) is 0.728. The highest BCUT2D eigenvalue weighted by atomic mass is 32.2. The molecule has 0 saturated carbocycles. The third-order valence-corrected chi connectivity index (χ3v) is 6.17. The van der Waals surface area contributed by atoms with Crippen LogP contribution in [-0.2, 0) is 19.2 Å². The van der Waals surface area contributed by atoms with Crippen molar-refractivity contribution in [2.45, 2.75) is 56.3 Å². The van der Waals surface area contributed by atoms with Crippen molar-refractivity contribution in [2.24, 2.45) is 22.2 Å². The Bertz CT molecular complexity index is 721. The van der Waals surface area contributed by atoms with Crippen LogP contribution in [0.1, 0.15) is 32.1 Å². The van der Waals surface area contributed by atoms with Gasteiger partial charge in [0.1, 0.15) is 18.1 Å². The highest BCUT2D eigenvalue weighted by Crippen LogP contribution is 2.19. The third kappa shape index (κ3) is 9.68. The van der Waals surface area contributed by atoms with Gasteiger partial charge in [-0.1, -0.05) is 0 Å². The van der Waals surface area contributed by atoms with Crippen molar-refractivity contribution in [3.8, 4) is 0 Å². The van der Waals surface area contributed by atoms with Gasteiger partial charge >= 0.3 is 5.97 Å². The fourth-order valence-electron chi connectivity index (χ4n) is 3.39. The van der Waals surface area contributed by atoms with Gasteiger partial charge in [-0.25, -0.2) is 4.79 Å². The first-order chi connectivity index (χ1) is 15.6. The van der Waals surface area contributed by atoms with E-state index in [1.165, 1.54) is 16.7 Å². The minimum atomic E-state index is -1.15. The van der Waals surface area contributed by atoms with E-state index in [1.807, 2.05) is 6.26 Å². The van der Waals surface area contributed by atoms with Crippen LogP contribution in [-0.4, -0.2) is 94.7 Å². The predicted octanol–water partition coefficient (Wildman–Crippen LogP) is -1.90. The number of likely N-dealkylation sites (tertiary alicyclic amines) is 1. The van der Waals surface area contributed by atoms with E-state index in [1.54, 1.807) is 0 Å². The number of carboxylic acids is 1. The second kappa shape index (κ2) is 14.9. The maximum atomic E-state index is 12.9. The van der Waals surface area contributed by atoms with Crippen molar-refractivity contribution >= 4 is 54.0 Å². The quantitative estimate of drug-likeness (QED) is 0.0608. The van der Waals surface area contributed by atoms with Crippen LogP contribution in [0.5, 0.6) is 0 Å². The minimum Gasteiger partial charge on any atom is -0.480 e. The topological polar surface area (TPSA) is 206 Å². The molecule has 188 valence electrons. The first kappa shape index (κ1) is 28.8. The van der Waals surface area contributed by atoms with E-state index < -0.39 is 42.0 Å². The molecule has 1 rings (SSSR count). The molecule has 0 aromatic carbocycles. The van der Waals surface area contributed by atoms with Gasteiger partial charge in [-0.3, -0.25) is 19.4 Å². The SMILES string of the molecule is CSCCC(NC(=O)C(CS)NC(=O)C1CCCN1C(=O)C(N)CCCN=C(N)N)C(=O)O. The molecule has 1 saturated heterocycles. The van der Waals surface area contributed by atoms with Crippen molar-refractivity contribution in [1.29, 1.82) is 0 Å². The standard InChI is InChI=1S/C19H35N7O5S2/c1-33-9-6-12(18(30)31)24-15(27)13(10-32)25-16(28)14-5-3-8-26(14)17(29)11(20)4-2-7-23-19(21)22/h11-14,32H,2-10,20H2,1H3,(H,24,27)(H,25,28)(H,30,31)(H4,21,22,23). The van der Waals surface area contributed by atoms with E-state index in [4.69, 9.17) is 17.2 Å². The van der Waals surface area contributed by atoms with E-state index >= 15 is 0 Å². The Morgan fingerprint density at radius 3 is 2.48 bits per heavy atom. The van der Waals surface area contributed by atoms with Gasteiger partial charge in [-0.2, -0.15) is 24.4 Å². The monoisotopic (exact) mass is 505 g/mol. The first-order valence-electron chi connectivity index (χ1n) is 10.7. The largest absolute Gasteiger partial charge is 0.480 e. The normalized spacial score (nSPS) is 18.2. The molecule has 0 radical (unpaired) electrons. The molecule has 1 fully saturated rings. The lowest BCUT2D eigenvalue weighted by molar-refractivity contribution is -0.143. The van der Waals surface area contributed by atoms with Crippen LogP contribution in [0.2, 0.25) is 0 Å². The van der Waals surface area contributed by atoms with Gasteiger partial charge in [-0.15, -0.1) is 0 Å². The van der Waals surface area contributed by atoms with Gasteiger partial charge < -0.3 is 37.8 Å². The van der Waals surface area contributed by atoms with E-state index in [2.05, 4.69) is 28.3 Å². The first-order valence-corrected chi connectivity index (χ1v) is 12.7. The fraction of sp³-hybridized carbons (Fsp3) is 0.737. The summed E-state index contributed by atoms with van der Waals surface area (Å²) in [5.74, 6) is -2.15. The molecule has 14 heteroatoms. The zero-order valence-electron chi connectivity index (χ0n) is 18.7. The Morgan fingerprint density at radius 2 is 1.91 bits per heavy atom. The zero-order chi connectivity index (χ0) is 25.0. The van der Waals surface area contributed by atoms with Crippen LogP contribution < -0.4 is 27.8 Å². The van der Waals surface area contributed by atoms with E-state index in [0.717, 1.165) is 0 Å². The molecule has 1 aliphatic heterocycles. The maximum absolute atomic E-state index is 12.9. The van der Waals surface area contributed by atoms with Gasteiger partial charge in [0.05, 0.1) is 6.04 Å². The molecule has 0 aliphatic carbocycles. The Kier molecular flexibility index (Phi) is 13.0. The fourth-order valence-corrected chi connectivity index (χ4v) is 4.11. The Balaban J connectivity index is 2.70. The average molecular weight is 506 g/mol. The molecule has 0 spiro atoms. The number of guanidine groups is 1. The molecule has 33 heavy (non-hydrogen) atoms. The summed E-state index contributed by atoms with van der Waals surface area (Å²) in [5.41, 5.74) is 16.5. The Labute approximate surface area is 203 Å². The number of carbonyl (C=O) groups excluding carboxylic acids is 3. The lowest BCUT2D eigenvalue weighted by Gasteiger charge is -2.28. The molecule has 12 nitrogen and oxygen atoms in total. The number of rotatable bonds is 14. The molecule has 4 atom stereocenters. The van der Waals surface area contributed by atoms with Crippen LogP contribution in [0.4, 0.5) is 0 Å². The number of hydrogen-bond acceptors (Lipinski definition) is 8. The number of thiol groups is 1. The van der Waals surface area contributed by atoms with Gasteiger partial charge in [-0.05, 0) is 44.1 Å². The summed E-state index contributed by atoms with van der Waals surface area (Å²) in [6.07, 6.45) is 4.01. The molecule has 1 heterocycles. The second-order valence-electron chi connectivity index (χ2n) is 7.67. The summed E-state index contributed by atoms with van der Waals surface area (Å²) in [5, 5.41) is 14.3. The number of carbonyl (C=O) groups is 4. The second-order valence-corrected chi connectivity index (χ2v) is 9.02. The van der Waals surface area contributed by atoms with Crippen LogP contribution in [0.15, 0.2) is 4.99 Å². The molecule has 0 aromatic heterocycles. The Hall–Kier alpha value is -2.19. The van der Waals surface area contributed by atoms with Gasteiger partial charge in [0.25, 0.3) is 0 Å². The molecule has 3 amide bonds. The number of nitrogens with zero attached hydrogens (tertiary/aromatic N) is 2. The van der Waals surface area contributed by atoms with Gasteiger partial charge in [0.2, 0.25) is 17.7 Å². The summed E-state index contributed by atoms with van der Waals surface area (Å²) < 4.78 is 0. The molecule has 0 bridgehead atoms. The Morgan fingerprint density at radius 1 is 1.21 bits per heavy atom. The number of nitrogens with one attached hydrogen (secondary N) is 2. The van der Waals surface area contributed by atoms with Crippen molar-refractivity contribution in [1.82, 2.24) is 15.5 Å². The number of nitrogens with two attached hydrogens (primary N) is 3. The van der Waals surface area contributed by atoms with Crippen LogP contribution in [0, 0.1) is 0 Å². The van der Waals surface area contributed by atoms with E-state index in [-0.39, 0.29) is 24.0 Å². The number of hydrogen-bond donors (Lipinski definition) is 7. The van der Waals surface area contributed by atoms with Crippen molar-refractivity contribution in [3.63, 3.8) is 0 Å². The molecule has 9 N–H and O–H groups in total. The molecule has 0 aromatic rings. The summed E-state index contributed by atoms with van der Waals surface area (Å²) >= 11 is 5.58. The van der Waals surface area contributed by atoms with Crippen LogP contribution >= 0.6 is 24.4 Å². The number of carboxylic acid groups (broad SMARTS) is 1. The number of aliphatic carboxylic acids is 1. The zero-order valence-corrected chi connectivity index (χ0v) is 20.4. The molecule has 4 unspecified atom stereocenters. The number of thioether (sulfide) groups is 1. The van der Waals surface area contributed by atoms with Crippen molar-refractivity contribution in [3.05, 3.63) is 0 Å². The third-order valence-electron chi connectivity index (χ3n) is 5.16. The van der Waals surface area contributed by atoms with Gasteiger partial charge in [0, 0.05) is 18.8 Å². The average Bonchev–Trinajstić information content (AvgIpc) is 3.26. The molecular formula is C19H35N7O5S2. The van der Waals surface area contributed by atoms with E-state index in [9.17, 15) is 24.3 Å². The maximum Gasteiger partial charge on any atom is 0.326 e. The van der Waals surface area contributed by atoms with Crippen LogP contribution in [0.25, 0.3) is 0 Å². The smallest absolute Gasteiger partial charge is 0.326 e. The highest BCUT2D eigenvalue weighted by Gasteiger charge is 2.37. The lowest BCUT2D eigenvalue weighted by atomic mass is 10.1. The summed E-state index contributed by atoms with van der Waals surface area (Å²) in [6, 6.07) is -3.67. The highest BCUT2D eigenvalue weighted by molar-refractivity contribution is 7.98. The summed E-state index contributed by atoms with van der Waals surface area (Å²) in [7, 11) is 0. The molecular weight excluding hydrogens is 470 g/mol. The molecule has 1 aliphatic rings. The van der Waals surface area contributed by atoms with Crippen molar-refractivity contribution < 1.29 is 24.3 Å². The van der Waals surface area contributed by atoms with E-state index in [0.29, 0.717) is 44.5 Å².